The monoisotopic (exact) mass is 244 g/mol. The number of benzene rings is 1. The van der Waals surface area contributed by atoms with Crippen LogP contribution in [0.1, 0.15) is 6.92 Å². The van der Waals surface area contributed by atoms with Crippen molar-refractivity contribution in [1.29, 1.82) is 0 Å². The summed E-state index contributed by atoms with van der Waals surface area (Å²) in [5.41, 5.74) is 0. The highest BCUT2D eigenvalue weighted by Crippen LogP contribution is 2.27. The summed E-state index contributed by atoms with van der Waals surface area (Å²) < 4.78 is 60.6. The molecule has 0 saturated carbocycles. The molecular formula is C8H5F5O3. The van der Waals surface area contributed by atoms with E-state index in [1.807, 2.05) is 0 Å². The topological polar surface area (TPSA) is 57.5 Å². The van der Waals surface area contributed by atoms with Crippen molar-refractivity contribution in [2.75, 3.05) is 0 Å². The number of aliphatic carboxylic acids is 1. The zero-order valence-electron chi connectivity index (χ0n) is 7.69. The van der Waals surface area contributed by atoms with Gasteiger partial charge in [0.1, 0.15) is 0 Å². The van der Waals surface area contributed by atoms with Crippen molar-refractivity contribution in [2.45, 2.75) is 6.92 Å². The lowest BCUT2D eigenvalue weighted by molar-refractivity contribution is -0.134. The fourth-order valence-electron chi connectivity index (χ4n) is 0.593. The SMILES string of the molecule is CC(=O)O.Oc1c(F)c(F)c(F)c(F)c1F. The molecule has 16 heavy (non-hydrogen) atoms. The van der Waals surface area contributed by atoms with Gasteiger partial charge in [-0.1, -0.05) is 0 Å². The van der Waals surface area contributed by atoms with Gasteiger partial charge in [0.2, 0.25) is 29.1 Å². The lowest BCUT2D eigenvalue weighted by Gasteiger charge is -2.00. The predicted molar refractivity (Wildman–Crippen MR) is 41.2 cm³/mol. The summed E-state index contributed by atoms with van der Waals surface area (Å²) in [4.78, 5) is 9.00. The second-order valence-electron chi connectivity index (χ2n) is 2.44. The Labute approximate surface area is 85.7 Å². The molecule has 0 saturated heterocycles. The van der Waals surface area contributed by atoms with Crippen LogP contribution in [-0.4, -0.2) is 16.2 Å². The first kappa shape index (κ1) is 14.1. The molecule has 0 amide bonds. The molecule has 0 aromatic heterocycles. The third-order valence-electron chi connectivity index (χ3n) is 1.19. The molecule has 1 aromatic carbocycles. The van der Waals surface area contributed by atoms with E-state index < -0.39 is 40.8 Å². The Kier molecular flexibility index (Phi) is 4.67. The molecule has 8 heteroatoms. The zero-order valence-corrected chi connectivity index (χ0v) is 7.69. The molecule has 0 atom stereocenters. The number of carboxylic acids is 1. The molecule has 0 fully saturated rings. The largest absolute Gasteiger partial charge is 0.503 e. The fourth-order valence-corrected chi connectivity index (χ4v) is 0.593. The zero-order chi connectivity index (χ0) is 13.0. The number of halogens is 5. The maximum atomic E-state index is 12.2. The number of carbonyl (C=O) groups is 1. The van der Waals surface area contributed by atoms with Crippen LogP contribution in [0.15, 0.2) is 0 Å². The van der Waals surface area contributed by atoms with E-state index >= 15 is 0 Å². The first-order chi connectivity index (χ1) is 7.20. The van der Waals surface area contributed by atoms with Gasteiger partial charge in [0.05, 0.1) is 0 Å². The van der Waals surface area contributed by atoms with E-state index in [2.05, 4.69) is 0 Å². The van der Waals surface area contributed by atoms with Gasteiger partial charge in [-0.25, -0.2) is 13.2 Å². The van der Waals surface area contributed by atoms with Crippen LogP contribution in [0.3, 0.4) is 0 Å². The summed E-state index contributed by atoms with van der Waals surface area (Å²) in [7, 11) is 0. The van der Waals surface area contributed by atoms with Gasteiger partial charge < -0.3 is 10.2 Å². The number of aromatic hydroxyl groups is 1. The molecule has 0 aliphatic heterocycles. The van der Waals surface area contributed by atoms with Gasteiger partial charge in [-0.2, -0.15) is 8.78 Å². The summed E-state index contributed by atoms with van der Waals surface area (Å²) in [5, 5.41) is 15.7. The number of phenols is 1. The summed E-state index contributed by atoms with van der Waals surface area (Å²) >= 11 is 0. The number of hydrogen-bond donors (Lipinski definition) is 2. The summed E-state index contributed by atoms with van der Waals surface area (Å²) in [5.74, 6) is -13.8. The van der Waals surface area contributed by atoms with Crippen LogP contribution in [0.4, 0.5) is 22.0 Å². The molecule has 0 heterocycles. The third kappa shape index (κ3) is 3.07. The lowest BCUT2D eigenvalue weighted by Crippen LogP contribution is -2.00. The highest BCUT2D eigenvalue weighted by molar-refractivity contribution is 5.62. The summed E-state index contributed by atoms with van der Waals surface area (Å²) in [6, 6.07) is 0. The van der Waals surface area contributed by atoms with Crippen LogP contribution >= 0.6 is 0 Å². The fraction of sp³-hybridized carbons (Fsp3) is 0.125. The average Bonchev–Trinajstić information content (AvgIpc) is 2.20. The lowest BCUT2D eigenvalue weighted by atomic mass is 10.3. The Morgan fingerprint density at radius 2 is 1.06 bits per heavy atom. The van der Waals surface area contributed by atoms with E-state index in [-0.39, 0.29) is 0 Å². The maximum absolute atomic E-state index is 12.2. The Hall–Kier alpha value is -1.86. The minimum atomic E-state index is -2.29. The van der Waals surface area contributed by atoms with Gasteiger partial charge in [-0.05, 0) is 0 Å². The van der Waals surface area contributed by atoms with Crippen molar-refractivity contribution in [3.63, 3.8) is 0 Å². The van der Waals surface area contributed by atoms with Crippen molar-refractivity contribution in [3.05, 3.63) is 29.1 Å². The van der Waals surface area contributed by atoms with Crippen LogP contribution in [0.25, 0.3) is 0 Å². The molecule has 0 bridgehead atoms. The molecule has 0 aliphatic rings. The molecular weight excluding hydrogens is 239 g/mol. The van der Waals surface area contributed by atoms with Crippen molar-refractivity contribution >= 4 is 5.97 Å². The quantitative estimate of drug-likeness (QED) is 0.417. The van der Waals surface area contributed by atoms with E-state index in [1.165, 1.54) is 0 Å². The predicted octanol–water partition coefficient (Wildman–Crippen LogP) is 2.18. The second kappa shape index (κ2) is 5.29. The smallest absolute Gasteiger partial charge is 0.300 e. The molecule has 0 aliphatic carbocycles. The van der Waals surface area contributed by atoms with Crippen molar-refractivity contribution in [1.82, 2.24) is 0 Å². The van der Waals surface area contributed by atoms with Crippen molar-refractivity contribution in [2.24, 2.45) is 0 Å². The Balaban J connectivity index is 0.000000487. The third-order valence-corrected chi connectivity index (χ3v) is 1.19. The Morgan fingerprint density at radius 1 is 0.875 bits per heavy atom. The first-order valence-electron chi connectivity index (χ1n) is 3.60. The van der Waals surface area contributed by atoms with Gasteiger partial charge in [-0.15, -0.1) is 0 Å². The van der Waals surface area contributed by atoms with Gasteiger partial charge >= 0.3 is 0 Å². The molecule has 0 unspecified atom stereocenters. The second-order valence-corrected chi connectivity index (χ2v) is 2.44. The highest BCUT2D eigenvalue weighted by Gasteiger charge is 2.24. The highest BCUT2D eigenvalue weighted by atomic mass is 19.2. The normalized spacial score (nSPS) is 9.38. The molecule has 1 aromatic rings. The van der Waals surface area contributed by atoms with E-state index in [0.717, 1.165) is 6.92 Å². The van der Waals surface area contributed by atoms with E-state index in [4.69, 9.17) is 15.0 Å². The molecule has 3 nitrogen and oxygen atoms in total. The molecule has 90 valence electrons. The van der Waals surface area contributed by atoms with Crippen LogP contribution in [0, 0.1) is 29.1 Å². The van der Waals surface area contributed by atoms with Crippen LogP contribution in [0.5, 0.6) is 5.75 Å². The first-order valence-corrected chi connectivity index (χ1v) is 3.60. The minimum absolute atomic E-state index is 0.833. The summed E-state index contributed by atoms with van der Waals surface area (Å²) in [6.07, 6.45) is 0. The number of phenolic OH excluding ortho intramolecular Hbond substituents is 1. The number of rotatable bonds is 0. The van der Waals surface area contributed by atoms with E-state index in [1.54, 1.807) is 0 Å². The van der Waals surface area contributed by atoms with E-state index in [0.29, 0.717) is 0 Å². The average molecular weight is 244 g/mol. The van der Waals surface area contributed by atoms with Crippen LogP contribution < -0.4 is 0 Å². The van der Waals surface area contributed by atoms with Crippen molar-refractivity contribution in [3.8, 4) is 5.75 Å². The molecule has 0 spiro atoms. The Bertz CT molecular complexity index is 310. The number of hydrogen-bond acceptors (Lipinski definition) is 2. The molecule has 0 radical (unpaired) electrons. The van der Waals surface area contributed by atoms with Gasteiger partial charge in [0, 0.05) is 6.92 Å². The van der Waals surface area contributed by atoms with Crippen LogP contribution in [0.2, 0.25) is 0 Å². The minimum Gasteiger partial charge on any atom is -0.503 e. The standard InChI is InChI=1S/C6HF5O.C2H4O2/c7-1-2(8)4(10)6(12)5(11)3(1)9;1-2(3)4/h12H;1H3,(H,3,4). The van der Waals surface area contributed by atoms with E-state index in [9.17, 15) is 22.0 Å². The van der Waals surface area contributed by atoms with Crippen molar-refractivity contribution < 1.29 is 37.0 Å². The van der Waals surface area contributed by atoms with Gasteiger partial charge in [-0.3, -0.25) is 4.79 Å². The summed E-state index contributed by atoms with van der Waals surface area (Å²) in [6.45, 7) is 1.08. The maximum Gasteiger partial charge on any atom is 0.300 e. The molecule has 1 rings (SSSR count). The van der Waals surface area contributed by atoms with Gasteiger partial charge in [0.25, 0.3) is 5.97 Å². The molecule has 2 N–H and O–H groups in total. The Morgan fingerprint density at radius 3 is 1.31 bits per heavy atom. The van der Waals surface area contributed by atoms with Crippen LogP contribution in [-0.2, 0) is 4.79 Å². The number of carboxylic acid groups (broad SMARTS) is 1. The van der Waals surface area contributed by atoms with Gasteiger partial charge in [0.15, 0.2) is 5.75 Å².